The third kappa shape index (κ3) is 8.86. The van der Waals surface area contributed by atoms with Crippen LogP contribution in [-0.4, -0.2) is 61.5 Å². The molecule has 0 aliphatic heterocycles. The summed E-state index contributed by atoms with van der Waals surface area (Å²) in [6.45, 7) is 7.60. The molecule has 4 aliphatic carbocycles. The Morgan fingerprint density at radius 1 is 0.750 bits per heavy atom. The molecule has 11 heteroatoms. The molecule has 9 unspecified atom stereocenters. The zero-order valence-electron chi connectivity index (χ0n) is 26.8. The first-order valence-corrected chi connectivity index (χ1v) is 18.7. The van der Waals surface area contributed by atoms with E-state index in [9.17, 15) is 28.6 Å². The number of carbonyl (C=O) groups is 4. The Labute approximate surface area is 261 Å². The SMILES string of the molecule is C[C@H](CCC(=O)O)C1CCC2C3CCC4CCCCC4(C)C3CCC21C.O=C(O)CCC(CP(=O)(O)CCC(=O)O)C(=O)O. The highest BCUT2D eigenvalue weighted by Crippen LogP contribution is 2.68. The van der Waals surface area contributed by atoms with E-state index in [2.05, 4.69) is 20.8 Å². The summed E-state index contributed by atoms with van der Waals surface area (Å²) in [6.07, 6.45) is 13.4. The molecule has 0 bridgehead atoms. The first-order chi connectivity index (χ1) is 20.5. The summed E-state index contributed by atoms with van der Waals surface area (Å²) in [7, 11) is -3.87. The highest BCUT2D eigenvalue weighted by Gasteiger charge is 2.60. The summed E-state index contributed by atoms with van der Waals surface area (Å²) in [5.41, 5.74) is 1.12. The molecule has 0 heterocycles. The third-order valence-corrected chi connectivity index (χ3v) is 14.3. The van der Waals surface area contributed by atoms with Gasteiger partial charge in [0.1, 0.15) is 0 Å². The van der Waals surface area contributed by atoms with Crippen LogP contribution >= 0.6 is 7.37 Å². The molecule has 4 saturated carbocycles. The van der Waals surface area contributed by atoms with Crippen LogP contribution in [0.1, 0.15) is 117 Å². The van der Waals surface area contributed by atoms with Crippen molar-refractivity contribution in [3.05, 3.63) is 0 Å². The predicted octanol–water partition coefficient (Wildman–Crippen LogP) is 6.83. The first-order valence-electron chi connectivity index (χ1n) is 16.7. The Hall–Kier alpha value is -1.93. The van der Waals surface area contributed by atoms with Gasteiger partial charge in [-0.25, -0.2) is 0 Å². The smallest absolute Gasteiger partial charge is 0.307 e. The van der Waals surface area contributed by atoms with Crippen LogP contribution in [0.3, 0.4) is 0 Å². The van der Waals surface area contributed by atoms with Gasteiger partial charge in [0.05, 0.1) is 12.3 Å². The van der Waals surface area contributed by atoms with Gasteiger partial charge in [0.25, 0.3) is 0 Å². The van der Waals surface area contributed by atoms with Crippen LogP contribution in [0.15, 0.2) is 0 Å². The molecule has 4 rings (SSSR count). The van der Waals surface area contributed by atoms with Crippen molar-refractivity contribution in [3.63, 3.8) is 0 Å². The van der Waals surface area contributed by atoms with Gasteiger partial charge in [-0.1, -0.05) is 33.6 Å². The molecule has 0 aromatic rings. The largest absolute Gasteiger partial charge is 0.481 e. The maximum absolute atomic E-state index is 11.6. The Morgan fingerprint density at radius 2 is 1.36 bits per heavy atom. The number of hydrogen-bond donors (Lipinski definition) is 5. The second-order valence-electron chi connectivity index (χ2n) is 14.9. The molecule has 5 N–H and O–H groups in total. The summed E-state index contributed by atoms with van der Waals surface area (Å²) < 4.78 is 11.6. The van der Waals surface area contributed by atoms with Crippen LogP contribution in [0.5, 0.6) is 0 Å². The Balaban J connectivity index is 0.000000260. The van der Waals surface area contributed by atoms with Crippen molar-refractivity contribution in [2.24, 2.45) is 52.3 Å². The minimum atomic E-state index is -3.87. The van der Waals surface area contributed by atoms with Gasteiger partial charge in [-0.15, -0.1) is 0 Å². The Bertz CT molecular complexity index is 1090. The van der Waals surface area contributed by atoms with Gasteiger partial charge in [-0.2, -0.15) is 0 Å². The molecule has 44 heavy (non-hydrogen) atoms. The number of aliphatic carboxylic acids is 4. The second kappa shape index (κ2) is 15.1. The molecule has 0 aromatic carbocycles. The summed E-state index contributed by atoms with van der Waals surface area (Å²) >= 11 is 0. The van der Waals surface area contributed by atoms with Crippen LogP contribution in [0.25, 0.3) is 0 Å². The highest BCUT2D eigenvalue weighted by atomic mass is 31.2. The molecule has 10 nitrogen and oxygen atoms in total. The minimum absolute atomic E-state index is 0.262. The number of carboxylic acids is 4. The van der Waals surface area contributed by atoms with E-state index >= 15 is 0 Å². The zero-order chi connectivity index (χ0) is 32.9. The van der Waals surface area contributed by atoms with Gasteiger partial charge < -0.3 is 25.3 Å². The molecule has 0 saturated heterocycles. The lowest BCUT2D eigenvalue weighted by Gasteiger charge is -2.61. The molecule has 4 aliphatic rings. The fraction of sp³-hybridized carbons (Fsp3) is 0.879. The van der Waals surface area contributed by atoms with E-state index in [0.29, 0.717) is 23.2 Å². The average molecular weight is 643 g/mol. The molecular formula is C33H55O10P. The molecule has 0 spiro atoms. The average Bonchev–Trinajstić information content (AvgIpc) is 3.30. The van der Waals surface area contributed by atoms with Crippen molar-refractivity contribution in [2.45, 2.75) is 117 Å². The molecule has 4 fully saturated rings. The fourth-order valence-electron chi connectivity index (χ4n) is 10.1. The number of fused-ring (bicyclic) bond motifs is 5. The highest BCUT2D eigenvalue weighted by molar-refractivity contribution is 7.58. The van der Waals surface area contributed by atoms with Crippen molar-refractivity contribution in [1.29, 1.82) is 0 Å². The Kier molecular flexibility index (Phi) is 12.5. The topological polar surface area (TPSA) is 186 Å². The van der Waals surface area contributed by atoms with Crippen LogP contribution in [0, 0.1) is 52.3 Å². The molecule has 0 radical (unpaired) electrons. The first kappa shape index (κ1) is 36.5. The van der Waals surface area contributed by atoms with Crippen molar-refractivity contribution in [3.8, 4) is 0 Å². The molecule has 0 amide bonds. The van der Waals surface area contributed by atoms with E-state index in [1.54, 1.807) is 0 Å². The maximum Gasteiger partial charge on any atom is 0.307 e. The fourth-order valence-corrected chi connectivity index (χ4v) is 11.9. The minimum Gasteiger partial charge on any atom is -0.481 e. The van der Waals surface area contributed by atoms with Gasteiger partial charge in [-0.05, 0) is 111 Å². The van der Waals surface area contributed by atoms with Gasteiger partial charge in [-0.3, -0.25) is 23.7 Å². The van der Waals surface area contributed by atoms with Crippen LogP contribution in [0.4, 0.5) is 0 Å². The summed E-state index contributed by atoms with van der Waals surface area (Å²) in [5, 5.41) is 34.7. The van der Waals surface area contributed by atoms with E-state index < -0.39 is 62.3 Å². The number of carboxylic acid groups (broad SMARTS) is 4. The third-order valence-electron chi connectivity index (χ3n) is 12.4. The van der Waals surface area contributed by atoms with Crippen LogP contribution < -0.4 is 0 Å². The lowest BCUT2D eigenvalue weighted by atomic mass is 9.44. The van der Waals surface area contributed by atoms with Crippen molar-refractivity contribution in [2.75, 3.05) is 12.3 Å². The summed E-state index contributed by atoms with van der Waals surface area (Å²) in [5.74, 6) is -0.496. The molecule has 252 valence electrons. The van der Waals surface area contributed by atoms with E-state index in [-0.39, 0.29) is 6.42 Å². The summed E-state index contributed by atoms with van der Waals surface area (Å²) in [4.78, 5) is 51.8. The van der Waals surface area contributed by atoms with E-state index in [0.717, 1.165) is 36.0 Å². The van der Waals surface area contributed by atoms with Gasteiger partial charge in [0.15, 0.2) is 0 Å². The molecule has 10 atom stereocenters. The zero-order valence-corrected chi connectivity index (χ0v) is 27.7. The van der Waals surface area contributed by atoms with E-state index in [1.165, 1.54) is 64.2 Å². The Morgan fingerprint density at radius 3 is 1.98 bits per heavy atom. The molecule has 0 aromatic heterocycles. The second-order valence-corrected chi connectivity index (χ2v) is 17.4. The lowest BCUT2D eigenvalue weighted by molar-refractivity contribution is -0.142. The number of rotatable bonds is 13. The van der Waals surface area contributed by atoms with Crippen molar-refractivity contribution >= 4 is 31.2 Å². The van der Waals surface area contributed by atoms with Gasteiger partial charge in [0, 0.05) is 25.2 Å². The van der Waals surface area contributed by atoms with Gasteiger partial charge in [0.2, 0.25) is 7.37 Å². The van der Waals surface area contributed by atoms with Gasteiger partial charge >= 0.3 is 23.9 Å². The van der Waals surface area contributed by atoms with Crippen LogP contribution in [-0.2, 0) is 23.7 Å². The monoisotopic (exact) mass is 642 g/mol. The predicted molar refractivity (Wildman–Crippen MR) is 166 cm³/mol. The lowest BCUT2D eigenvalue weighted by Crippen LogP contribution is -2.53. The van der Waals surface area contributed by atoms with Crippen LogP contribution in [0.2, 0.25) is 0 Å². The van der Waals surface area contributed by atoms with E-state index in [1.807, 2.05) is 0 Å². The normalized spacial score (nSPS) is 35.3. The van der Waals surface area contributed by atoms with E-state index in [4.69, 9.17) is 20.4 Å². The quantitative estimate of drug-likeness (QED) is 0.133. The number of hydrogen-bond acceptors (Lipinski definition) is 5. The van der Waals surface area contributed by atoms with Crippen molar-refractivity contribution in [1.82, 2.24) is 0 Å². The molecular weight excluding hydrogens is 587 g/mol. The standard InChI is InChI=1S/C24H40O2.C9H15O8P/c1-16(7-12-22(25)26)19-10-11-20-18-9-8-17-6-4-5-14-23(17,2)21(18)13-15-24(19,20)3;10-7(11)2-1-6(9(14)15)5-18(16,17)4-3-8(12)13/h16-21H,4-15H2,1-3H3,(H,25,26);6H,1-5H2,(H,10,11)(H,12,13)(H,14,15)(H,16,17)/t16-,17?,18?,19?,20?,21?,23?,24?;/m1./s1. The maximum atomic E-state index is 11.6. The van der Waals surface area contributed by atoms with Crippen molar-refractivity contribution < 1.29 is 49.1 Å². The summed E-state index contributed by atoms with van der Waals surface area (Å²) in [6, 6.07) is 0.